The van der Waals surface area contributed by atoms with Crippen LogP contribution in [0.25, 0.3) is 0 Å². The van der Waals surface area contributed by atoms with Crippen molar-refractivity contribution in [2.75, 3.05) is 19.7 Å². The van der Waals surface area contributed by atoms with Crippen molar-refractivity contribution in [2.45, 2.75) is 36.8 Å². The Labute approximate surface area is 146 Å². The Morgan fingerprint density at radius 2 is 1.91 bits per heavy atom. The second-order valence-electron chi connectivity index (χ2n) is 5.57. The summed E-state index contributed by atoms with van der Waals surface area (Å²) in [6.07, 6.45) is 1.37. The first kappa shape index (κ1) is 18.1. The van der Waals surface area contributed by atoms with E-state index >= 15 is 0 Å². The van der Waals surface area contributed by atoms with Crippen LogP contribution in [0.5, 0.6) is 0 Å². The number of carbonyl (C=O) groups is 2. The van der Waals surface area contributed by atoms with Gasteiger partial charge in [-0.05, 0) is 51.0 Å². The van der Waals surface area contributed by atoms with Crippen LogP contribution in [0.3, 0.4) is 0 Å². The van der Waals surface area contributed by atoms with Crippen molar-refractivity contribution in [3.8, 4) is 0 Å². The summed E-state index contributed by atoms with van der Waals surface area (Å²) in [5, 5.41) is 0.532. The standard InChI is InChI=1S/C17H22ClNO3S/c1-3-22-17(21)13-8-10-19(11-9-13)16(20)12(2)23-15-6-4-14(18)5-7-15/h4-7,12-13H,3,8-11H2,1-2H3/t12-/m1/s1. The number of esters is 1. The van der Waals surface area contributed by atoms with E-state index in [2.05, 4.69) is 0 Å². The van der Waals surface area contributed by atoms with E-state index in [4.69, 9.17) is 16.3 Å². The van der Waals surface area contributed by atoms with Crippen LogP contribution >= 0.6 is 23.4 Å². The van der Waals surface area contributed by atoms with Crippen molar-refractivity contribution >= 4 is 35.2 Å². The predicted molar refractivity (Wildman–Crippen MR) is 92.7 cm³/mol. The molecule has 6 heteroatoms. The van der Waals surface area contributed by atoms with Gasteiger partial charge in [-0.1, -0.05) is 11.6 Å². The lowest BCUT2D eigenvalue weighted by Gasteiger charge is -2.32. The fraction of sp³-hybridized carbons (Fsp3) is 0.529. The second-order valence-corrected chi connectivity index (χ2v) is 7.42. The molecule has 0 aromatic heterocycles. The smallest absolute Gasteiger partial charge is 0.309 e. The third-order valence-corrected chi connectivity index (χ3v) is 5.25. The number of carbonyl (C=O) groups excluding carboxylic acids is 2. The number of piperidine rings is 1. The highest BCUT2D eigenvalue weighted by molar-refractivity contribution is 8.00. The van der Waals surface area contributed by atoms with Crippen molar-refractivity contribution in [3.63, 3.8) is 0 Å². The van der Waals surface area contributed by atoms with Crippen molar-refractivity contribution in [1.29, 1.82) is 0 Å². The number of thioether (sulfide) groups is 1. The minimum atomic E-state index is -0.157. The molecule has 1 aliphatic heterocycles. The summed E-state index contributed by atoms with van der Waals surface area (Å²) >= 11 is 7.40. The summed E-state index contributed by atoms with van der Waals surface area (Å²) in [5.41, 5.74) is 0. The van der Waals surface area contributed by atoms with Gasteiger partial charge in [0.1, 0.15) is 0 Å². The lowest BCUT2D eigenvalue weighted by Crippen LogP contribution is -2.43. The van der Waals surface area contributed by atoms with Gasteiger partial charge >= 0.3 is 5.97 Å². The molecule has 1 aromatic carbocycles. The zero-order valence-corrected chi connectivity index (χ0v) is 15.0. The minimum Gasteiger partial charge on any atom is -0.466 e. The molecule has 0 spiro atoms. The number of rotatable bonds is 5. The maximum absolute atomic E-state index is 12.5. The molecule has 0 unspecified atom stereocenters. The molecule has 0 bridgehead atoms. The Morgan fingerprint density at radius 1 is 1.30 bits per heavy atom. The SMILES string of the molecule is CCOC(=O)C1CCN(C(=O)[C@@H](C)Sc2ccc(Cl)cc2)CC1. The summed E-state index contributed by atoms with van der Waals surface area (Å²) in [6.45, 7) is 5.37. The average molecular weight is 356 g/mol. The number of nitrogens with zero attached hydrogens (tertiary/aromatic N) is 1. The lowest BCUT2D eigenvalue weighted by atomic mass is 9.97. The first-order valence-electron chi connectivity index (χ1n) is 7.89. The molecule has 4 nitrogen and oxygen atoms in total. The van der Waals surface area contributed by atoms with Gasteiger partial charge in [-0.3, -0.25) is 9.59 Å². The van der Waals surface area contributed by atoms with E-state index < -0.39 is 0 Å². The van der Waals surface area contributed by atoms with Crippen molar-refractivity contribution in [2.24, 2.45) is 5.92 Å². The number of hydrogen-bond donors (Lipinski definition) is 0. The van der Waals surface area contributed by atoms with Gasteiger partial charge in [0.2, 0.25) is 5.91 Å². The largest absolute Gasteiger partial charge is 0.466 e. The van der Waals surface area contributed by atoms with Crippen LogP contribution < -0.4 is 0 Å². The Kier molecular flexibility index (Phi) is 6.78. The quantitative estimate of drug-likeness (QED) is 0.597. The molecule has 0 radical (unpaired) electrons. The minimum absolute atomic E-state index is 0.0711. The highest BCUT2D eigenvalue weighted by atomic mass is 35.5. The van der Waals surface area contributed by atoms with Gasteiger partial charge in [0, 0.05) is 23.0 Å². The average Bonchev–Trinajstić information content (AvgIpc) is 2.56. The fourth-order valence-corrected chi connectivity index (χ4v) is 3.70. The Hall–Kier alpha value is -1.20. The van der Waals surface area contributed by atoms with Crippen LogP contribution in [0.4, 0.5) is 0 Å². The van der Waals surface area contributed by atoms with E-state index in [9.17, 15) is 9.59 Å². The van der Waals surface area contributed by atoms with Crippen molar-refractivity contribution < 1.29 is 14.3 Å². The van der Waals surface area contributed by atoms with E-state index in [0.717, 1.165) is 4.90 Å². The maximum Gasteiger partial charge on any atom is 0.309 e. The molecular weight excluding hydrogens is 334 g/mol. The molecule has 0 saturated carbocycles. The summed E-state index contributed by atoms with van der Waals surface area (Å²) < 4.78 is 5.06. The van der Waals surface area contributed by atoms with Gasteiger partial charge in [0.05, 0.1) is 17.8 Å². The molecule has 2 rings (SSSR count). The molecule has 126 valence electrons. The zero-order valence-electron chi connectivity index (χ0n) is 13.5. The van der Waals surface area contributed by atoms with Gasteiger partial charge < -0.3 is 9.64 Å². The number of ether oxygens (including phenoxy) is 1. The van der Waals surface area contributed by atoms with E-state index in [1.807, 2.05) is 43.0 Å². The van der Waals surface area contributed by atoms with E-state index in [1.54, 1.807) is 0 Å². The lowest BCUT2D eigenvalue weighted by molar-refractivity contribution is -0.151. The molecule has 0 N–H and O–H groups in total. The molecule has 23 heavy (non-hydrogen) atoms. The number of halogens is 1. The summed E-state index contributed by atoms with van der Waals surface area (Å²) in [4.78, 5) is 27.1. The van der Waals surface area contributed by atoms with Crippen molar-refractivity contribution in [1.82, 2.24) is 4.90 Å². The van der Waals surface area contributed by atoms with E-state index in [1.165, 1.54) is 11.8 Å². The van der Waals surface area contributed by atoms with Crippen LogP contribution in [0.15, 0.2) is 29.2 Å². The van der Waals surface area contributed by atoms with Crippen LogP contribution in [-0.4, -0.2) is 41.7 Å². The molecule has 0 aliphatic carbocycles. The molecule has 1 heterocycles. The number of benzene rings is 1. The van der Waals surface area contributed by atoms with E-state index in [0.29, 0.717) is 37.6 Å². The van der Waals surface area contributed by atoms with Gasteiger partial charge in [-0.25, -0.2) is 0 Å². The van der Waals surface area contributed by atoms with Crippen LogP contribution in [0.2, 0.25) is 5.02 Å². The molecule has 1 aliphatic rings. The van der Waals surface area contributed by atoms with Gasteiger partial charge in [0.25, 0.3) is 0 Å². The van der Waals surface area contributed by atoms with Gasteiger partial charge in [-0.2, -0.15) is 0 Å². The number of amides is 1. The number of likely N-dealkylation sites (tertiary alicyclic amines) is 1. The van der Waals surface area contributed by atoms with Crippen LogP contribution in [0.1, 0.15) is 26.7 Å². The highest BCUT2D eigenvalue weighted by Gasteiger charge is 2.30. The zero-order chi connectivity index (χ0) is 16.8. The molecule has 1 fully saturated rings. The topological polar surface area (TPSA) is 46.6 Å². The normalized spacial score (nSPS) is 16.9. The Morgan fingerprint density at radius 3 is 2.48 bits per heavy atom. The van der Waals surface area contributed by atoms with Gasteiger partial charge in [-0.15, -0.1) is 11.8 Å². The maximum atomic E-state index is 12.5. The monoisotopic (exact) mass is 355 g/mol. The van der Waals surface area contributed by atoms with Gasteiger partial charge in [0.15, 0.2) is 0 Å². The number of hydrogen-bond acceptors (Lipinski definition) is 4. The first-order chi connectivity index (χ1) is 11.0. The summed E-state index contributed by atoms with van der Waals surface area (Å²) in [5.74, 6) is -0.0892. The Bertz CT molecular complexity index is 541. The molecule has 1 amide bonds. The van der Waals surface area contributed by atoms with Crippen molar-refractivity contribution in [3.05, 3.63) is 29.3 Å². The molecule has 1 saturated heterocycles. The van der Waals surface area contributed by atoms with E-state index in [-0.39, 0.29) is 23.0 Å². The third-order valence-electron chi connectivity index (χ3n) is 3.90. The highest BCUT2D eigenvalue weighted by Crippen LogP contribution is 2.27. The summed E-state index contributed by atoms with van der Waals surface area (Å²) in [6, 6.07) is 7.49. The molecule has 1 aromatic rings. The molecular formula is C17H22ClNO3S. The second kappa shape index (κ2) is 8.60. The molecule has 1 atom stereocenters. The first-order valence-corrected chi connectivity index (χ1v) is 9.14. The Balaban J connectivity index is 1.84. The van der Waals surface area contributed by atoms with Crippen LogP contribution in [-0.2, 0) is 14.3 Å². The summed E-state index contributed by atoms with van der Waals surface area (Å²) in [7, 11) is 0. The van der Waals surface area contributed by atoms with Crippen LogP contribution in [0, 0.1) is 5.92 Å². The predicted octanol–water partition coefficient (Wildman–Crippen LogP) is 3.62. The third kappa shape index (κ3) is 5.15. The fourth-order valence-electron chi connectivity index (χ4n) is 2.62.